The molecule has 0 amide bonds. The van der Waals surface area contributed by atoms with Crippen LogP contribution in [0.2, 0.25) is 0 Å². The van der Waals surface area contributed by atoms with E-state index in [9.17, 15) is 9.90 Å². The van der Waals surface area contributed by atoms with Crippen molar-refractivity contribution in [2.75, 3.05) is 25.5 Å². The van der Waals surface area contributed by atoms with Gasteiger partial charge >= 0.3 is 0 Å². The fourth-order valence-corrected chi connectivity index (χ4v) is 3.84. The van der Waals surface area contributed by atoms with Crippen LogP contribution in [-0.2, 0) is 13.6 Å². The van der Waals surface area contributed by atoms with Gasteiger partial charge < -0.3 is 24.7 Å². The molecule has 1 aliphatic heterocycles. The van der Waals surface area contributed by atoms with Crippen molar-refractivity contribution in [1.82, 2.24) is 29.2 Å². The minimum absolute atomic E-state index is 0.121. The van der Waals surface area contributed by atoms with E-state index in [2.05, 4.69) is 27.0 Å². The number of pyridine rings is 1. The lowest BCUT2D eigenvalue weighted by molar-refractivity contribution is 0.0578. The van der Waals surface area contributed by atoms with Crippen LogP contribution in [0.5, 0.6) is 5.88 Å². The maximum Gasteiger partial charge on any atom is 0.276 e. The molecule has 0 aliphatic carbocycles. The highest BCUT2D eigenvalue weighted by Gasteiger charge is 2.27. The predicted octanol–water partition coefficient (Wildman–Crippen LogP) is 1.04. The summed E-state index contributed by atoms with van der Waals surface area (Å²) in [6.45, 7) is 5.67. The number of aromatic nitrogens is 5. The summed E-state index contributed by atoms with van der Waals surface area (Å²) in [6, 6.07) is 0. The van der Waals surface area contributed by atoms with Crippen LogP contribution in [0.4, 0.5) is 11.4 Å². The Bertz CT molecular complexity index is 1080. The minimum atomic E-state index is -0.651. The summed E-state index contributed by atoms with van der Waals surface area (Å²) in [5, 5.41) is 17.5. The fraction of sp³-hybridized carbons (Fsp3) is 0.421. The summed E-state index contributed by atoms with van der Waals surface area (Å²) in [6.07, 6.45) is 6.87. The van der Waals surface area contributed by atoms with Gasteiger partial charge in [-0.05, 0) is 18.4 Å². The number of anilines is 2. The second-order valence-electron chi connectivity index (χ2n) is 7.28. The van der Waals surface area contributed by atoms with Crippen LogP contribution < -0.4 is 15.6 Å². The number of aryl methyl sites for hydroxylation is 1. The second-order valence-corrected chi connectivity index (χ2v) is 7.28. The zero-order valence-corrected chi connectivity index (χ0v) is 16.5. The number of aliphatic hydroxyl groups excluding tert-OH is 1. The molecule has 3 aromatic heterocycles. The highest BCUT2D eigenvalue weighted by Crippen LogP contribution is 2.29. The van der Waals surface area contributed by atoms with Crippen LogP contribution in [0.15, 0.2) is 36.2 Å². The van der Waals surface area contributed by atoms with Crippen LogP contribution in [-0.4, -0.2) is 60.7 Å². The van der Waals surface area contributed by atoms with Crippen molar-refractivity contribution < 1.29 is 9.84 Å². The van der Waals surface area contributed by atoms with E-state index in [-0.39, 0.29) is 11.5 Å². The molecule has 0 aromatic carbocycles. The van der Waals surface area contributed by atoms with Crippen molar-refractivity contribution in [3.8, 4) is 5.88 Å². The largest absolute Gasteiger partial charge is 0.478 e. The monoisotopic (exact) mass is 399 g/mol. The third-order valence-corrected chi connectivity index (χ3v) is 5.27. The molecule has 1 fully saturated rings. The standard InChI is InChI=1S/C19H25N7O3/c1-4-15(27)25-6-5-12(7-25)8-26-10-13(16-17(19(26)28)21-11-20-16)22-14-9-24(2)23-18(14)29-3/h4,9-12,15,22,27H,1,5-8H2,2-3H3,(H,20,21). The molecule has 4 rings (SSSR count). The summed E-state index contributed by atoms with van der Waals surface area (Å²) >= 11 is 0. The molecule has 10 heteroatoms. The lowest BCUT2D eigenvalue weighted by Gasteiger charge is -2.20. The number of rotatable bonds is 7. The Balaban J connectivity index is 1.64. The summed E-state index contributed by atoms with van der Waals surface area (Å²) in [5.74, 6) is 0.710. The Morgan fingerprint density at radius 1 is 1.48 bits per heavy atom. The summed E-state index contributed by atoms with van der Waals surface area (Å²) in [4.78, 5) is 22.1. The number of nitrogens with one attached hydrogen (secondary N) is 2. The van der Waals surface area contributed by atoms with Gasteiger partial charge in [-0.3, -0.25) is 14.4 Å². The maximum atomic E-state index is 12.9. The van der Waals surface area contributed by atoms with Crippen molar-refractivity contribution in [2.45, 2.75) is 19.2 Å². The zero-order chi connectivity index (χ0) is 20.5. The zero-order valence-electron chi connectivity index (χ0n) is 16.5. The van der Waals surface area contributed by atoms with Gasteiger partial charge in [0.05, 0.1) is 25.3 Å². The molecule has 4 heterocycles. The molecule has 3 N–H and O–H groups in total. The Labute approximate surface area is 167 Å². The van der Waals surface area contributed by atoms with Crippen molar-refractivity contribution in [3.63, 3.8) is 0 Å². The quantitative estimate of drug-likeness (QED) is 0.509. The molecule has 3 aromatic rings. The molecule has 0 spiro atoms. The summed E-state index contributed by atoms with van der Waals surface area (Å²) in [7, 11) is 3.37. The van der Waals surface area contributed by atoms with E-state index >= 15 is 0 Å². The molecule has 154 valence electrons. The fourth-order valence-electron chi connectivity index (χ4n) is 3.84. The molecule has 0 saturated carbocycles. The number of hydrogen-bond donors (Lipinski definition) is 3. The third-order valence-electron chi connectivity index (χ3n) is 5.27. The molecular formula is C19H25N7O3. The van der Waals surface area contributed by atoms with Gasteiger partial charge in [0.1, 0.15) is 22.9 Å². The first-order chi connectivity index (χ1) is 14.0. The number of H-pyrrole nitrogens is 1. The lowest BCUT2D eigenvalue weighted by atomic mass is 10.1. The van der Waals surface area contributed by atoms with Gasteiger partial charge in [-0.2, -0.15) is 0 Å². The number of methoxy groups -OCH3 is 1. The van der Waals surface area contributed by atoms with Crippen LogP contribution in [0.25, 0.3) is 11.0 Å². The van der Waals surface area contributed by atoms with Crippen LogP contribution in [0, 0.1) is 5.92 Å². The molecular weight excluding hydrogens is 374 g/mol. The minimum Gasteiger partial charge on any atom is -0.478 e. The van der Waals surface area contributed by atoms with E-state index in [1.807, 2.05) is 11.9 Å². The van der Waals surface area contributed by atoms with Gasteiger partial charge in [-0.1, -0.05) is 6.58 Å². The molecule has 1 saturated heterocycles. The van der Waals surface area contributed by atoms with Crippen molar-refractivity contribution in [3.05, 3.63) is 41.7 Å². The van der Waals surface area contributed by atoms with Gasteiger partial charge in [0.25, 0.3) is 11.4 Å². The first-order valence-electron chi connectivity index (χ1n) is 9.46. The van der Waals surface area contributed by atoms with Crippen LogP contribution in [0.3, 0.4) is 0 Å². The molecule has 2 atom stereocenters. The topological polar surface area (TPSA) is 113 Å². The molecule has 0 bridgehead atoms. The summed E-state index contributed by atoms with van der Waals surface area (Å²) < 4.78 is 8.65. The third kappa shape index (κ3) is 3.64. The lowest BCUT2D eigenvalue weighted by Crippen LogP contribution is -2.32. The number of aromatic amines is 1. The molecule has 0 radical (unpaired) electrons. The number of likely N-dealkylation sites (tertiary alicyclic amines) is 1. The molecule has 2 unspecified atom stereocenters. The number of hydrogen-bond acceptors (Lipinski definition) is 7. The van der Waals surface area contributed by atoms with Crippen molar-refractivity contribution in [2.24, 2.45) is 13.0 Å². The average Bonchev–Trinajstić information content (AvgIpc) is 3.44. The Morgan fingerprint density at radius 3 is 3.07 bits per heavy atom. The van der Waals surface area contributed by atoms with Gasteiger partial charge in [-0.15, -0.1) is 5.10 Å². The highest BCUT2D eigenvalue weighted by molar-refractivity contribution is 5.89. The number of ether oxygens (including phenoxy) is 1. The van der Waals surface area contributed by atoms with E-state index in [0.29, 0.717) is 41.4 Å². The van der Waals surface area contributed by atoms with Gasteiger partial charge in [0, 0.05) is 32.9 Å². The van der Waals surface area contributed by atoms with Crippen molar-refractivity contribution >= 4 is 22.4 Å². The van der Waals surface area contributed by atoms with E-state index < -0.39 is 6.23 Å². The highest BCUT2D eigenvalue weighted by atomic mass is 16.5. The van der Waals surface area contributed by atoms with Crippen molar-refractivity contribution in [1.29, 1.82) is 0 Å². The smallest absolute Gasteiger partial charge is 0.276 e. The van der Waals surface area contributed by atoms with Gasteiger partial charge in [0.15, 0.2) is 0 Å². The maximum absolute atomic E-state index is 12.9. The predicted molar refractivity (Wildman–Crippen MR) is 109 cm³/mol. The van der Waals surface area contributed by atoms with Gasteiger partial charge in [-0.25, -0.2) is 4.98 Å². The van der Waals surface area contributed by atoms with E-state index in [4.69, 9.17) is 4.74 Å². The number of nitrogens with zero attached hydrogens (tertiary/aromatic N) is 5. The Kier molecular flexibility index (Phi) is 5.12. The Hall–Kier alpha value is -3.11. The first-order valence-corrected chi connectivity index (χ1v) is 9.46. The number of fused-ring (bicyclic) bond motifs is 1. The Morgan fingerprint density at radius 2 is 2.31 bits per heavy atom. The first kappa shape index (κ1) is 19.2. The number of aliphatic hydroxyl groups is 1. The SMILES string of the molecule is C=CC(O)N1CCC(Cn2cc(Nc3cn(C)nc3OC)c3nc[nH]c3c2=O)C1. The average molecular weight is 399 g/mol. The van der Waals surface area contributed by atoms with E-state index in [1.54, 1.807) is 28.8 Å². The number of imidazole rings is 1. The molecule has 10 nitrogen and oxygen atoms in total. The van der Waals surface area contributed by atoms with Crippen LogP contribution >= 0.6 is 0 Å². The molecule has 29 heavy (non-hydrogen) atoms. The second kappa shape index (κ2) is 7.72. The van der Waals surface area contributed by atoms with Gasteiger partial charge in [0.2, 0.25) is 0 Å². The van der Waals surface area contributed by atoms with E-state index in [1.165, 1.54) is 12.4 Å². The van der Waals surface area contributed by atoms with Crippen LogP contribution in [0.1, 0.15) is 6.42 Å². The molecule has 1 aliphatic rings. The normalized spacial score (nSPS) is 18.2. The summed E-state index contributed by atoms with van der Waals surface area (Å²) in [5.41, 5.74) is 2.26. The van der Waals surface area contributed by atoms with E-state index in [0.717, 1.165) is 13.0 Å².